The van der Waals surface area contributed by atoms with Crippen LogP contribution >= 0.6 is 0 Å². The molecule has 0 aliphatic heterocycles. The Kier molecular flexibility index (Phi) is 3.75. The normalized spacial score (nSPS) is 13.2. The molecule has 2 aromatic rings. The molecule has 5 heteroatoms. The zero-order valence-corrected chi connectivity index (χ0v) is 12.3. The largest absolute Gasteiger partial charge is 0.389 e. The highest BCUT2D eigenvalue weighted by Crippen LogP contribution is 2.21. The summed E-state index contributed by atoms with van der Waals surface area (Å²) in [7, 11) is 0. The van der Waals surface area contributed by atoms with E-state index in [1.165, 1.54) is 0 Å². The van der Waals surface area contributed by atoms with Gasteiger partial charge in [0.15, 0.2) is 0 Å². The molecule has 19 heavy (non-hydrogen) atoms. The van der Waals surface area contributed by atoms with Gasteiger partial charge in [-0.25, -0.2) is 0 Å². The summed E-state index contributed by atoms with van der Waals surface area (Å²) in [4.78, 5) is 0. The fourth-order valence-electron chi connectivity index (χ4n) is 2.37. The average molecular weight is 262 g/mol. The molecule has 0 aliphatic carbocycles. The molecule has 0 spiro atoms. The van der Waals surface area contributed by atoms with Gasteiger partial charge in [0, 0.05) is 23.5 Å². The van der Waals surface area contributed by atoms with Gasteiger partial charge >= 0.3 is 0 Å². The van der Waals surface area contributed by atoms with Crippen LogP contribution in [0.3, 0.4) is 0 Å². The van der Waals surface area contributed by atoms with E-state index in [1.54, 1.807) is 6.92 Å². The summed E-state index contributed by atoms with van der Waals surface area (Å²) < 4.78 is 3.85. The van der Waals surface area contributed by atoms with E-state index < -0.39 is 6.10 Å². The Morgan fingerprint density at radius 1 is 1.21 bits per heavy atom. The Balaban J connectivity index is 2.26. The van der Waals surface area contributed by atoms with Gasteiger partial charge in [-0.3, -0.25) is 9.36 Å². The lowest BCUT2D eigenvalue weighted by Gasteiger charge is -2.06. The summed E-state index contributed by atoms with van der Waals surface area (Å²) in [5, 5.41) is 18.8. The van der Waals surface area contributed by atoms with Crippen LogP contribution < -0.4 is 0 Å². The third kappa shape index (κ3) is 2.71. The third-order valence-corrected chi connectivity index (χ3v) is 3.36. The second kappa shape index (κ2) is 5.17. The quantitative estimate of drug-likeness (QED) is 0.920. The molecule has 0 amide bonds. The molecule has 2 rings (SSSR count). The molecule has 0 aromatic carbocycles. The highest BCUT2D eigenvalue weighted by molar-refractivity contribution is 5.27. The molecule has 2 aromatic heterocycles. The summed E-state index contributed by atoms with van der Waals surface area (Å²) in [6.07, 6.45) is 1.50. The first-order chi connectivity index (χ1) is 8.90. The van der Waals surface area contributed by atoms with Gasteiger partial charge in [-0.05, 0) is 40.7 Å². The van der Waals surface area contributed by atoms with Crippen LogP contribution in [0.5, 0.6) is 0 Å². The van der Waals surface area contributed by atoms with Gasteiger partial charge in [-0.1, -0.05) is 0 Å². The molecule has 1 unspecified atom stereocenters. The van der Waals surface area contributed by atoms with E-state index >= 15 is 0 Å². The minimum atomic E-state index is -0.484. The van der Waals surface area contributed by atoms with Gasteiger partial charge in [0.2, 0.25) is 0 Å². The van der Waals surface area contributed by atoms with Gasteiger partial charge in [0.1, 0.15) is 0 Å². The summed E-state index contributed by atoms with van der Waals surface area (Å²) >= 11 is 0. The number of aromatic nitrogens is 4. The molecule has 1 N–H and O–H groups in total. The van der Waals surface area contributed by atoms with E-state index in [9.17, 15) is 5.11 Å². The summed E-state index contributed by atoms with van der Waals surface area (Å²) in [5.74, 6) is 0. The zero-order chi connectivity index (χ0) is 14.2. The third-order valence-electron chi connectivity index (χ3n) is 3.36. The molecule has 1 atom stereocenters. The first-order valence-corrected chi connectivity index (χ1v) is 6.66. The van der Waals surface area contributed by atoms with Gasteiger partial charge in [-0.15, -0.1) is 0 Å². The van der Waals surface area contributed by atoms with Crippen LogP contribution in [0.15, 0.2) is 12.3 Å². The number of rotatable bonds is 4. The van der Waals surface area contributed by atoms with E-state index in [4.69, 9.17) is 0 Å². The van der Waals surface area contributed by atoms with Crippen molar-refractivity contribution < 1.29 is 5.11 Å². The number of aryl methyl sites for hydroxylation is 1. The fourth-order valence-corrected chi connectivity index (χ4v) is 2.37. The Bertz CT molecular complexity index is 566. The number of nitrogens with zero attached hydrogens (tertiary/aromatic N) is 4. The Morgan fingerprint density at radius 3 is 2.37 bits per heavy atom. The van der Waals surface area contributed by atoms with E-state index in [2.05, 4.69) is 24.0 Å². The summed E-state index contributed by atoms with van der Waals surface area (Å²) in [6, 6.07) is 2.38. The highest BCUT2D eigenvalue weighted by atomic mass is 16.3. The van der Waals surface area contributed by atoms with Crippen molar-refractivity contribution in [2.24, 2.45) is 0 Å². The van der Waals surface area contributed by atoms with Crippen LogP contribution in [0.2, 0.25) is 0 Å². The van der Waals surface area contributed by atoms with Crippen molar-refractivity contribution in [1.82, 2.24) is 19.6 Å². The minimum absolute atomic E-state index is 0.363. The summed E-state index contributed by atoms with van der Waals surface area (Å²) in [5.41, 5.74) is 3.79. The number of aliphatic hydroxyl groups is 1. The van der Waals surface area contributed by atoms with Crippen molar-refractivity contribution in [2.45, 2.75) is 53.3 Å². The maximum atomic E-state index is 9.77. The van der Waals surface area contributed by atoms with Crippen molar-refractivity contribution in [2.75, 3.05) is 0 Å². The van der Waals surface area contributed by atoms with Crippen molar-refractivity contribution in [3.63, 3.8) is 0 Å². The monoisotopic (exact) mass is 262 g/mol. The van der Waals surface area contributed by atoms with Gasteiger partial charge in [0.05, 0.1) is 24.0 Å². The molecule has 0 radical (unpaired) electrons. The smallest absolute Gasteiger partial charge is 0.0853 e. The molecule has 2 heterocycles. The zero-order valence-electron chi connectivity index (χ0n) is 12.3. The number of aliphatic hydroxyl groups excluding tert-OH is 1. The van der Waals surface area contributed by atoms with Crippen molar-refractivity contribution in [3.8, 4) is 0 Å². The van der Waals surface area contributed by atoms with Gasteiger partial charge in [-0.2, -0.15) is 10.2 Å². The Morgan fingerprint density at radius 2 is 1.89 bits per heavy atom. The Hall–Kier alpha value is -1.62. The van der Waals surface area contributed by atoms with Crippen LogP contribution in [-0.2, 0) is 6.54 Å². The molecule has 0 saturated carbocycles. The van der Waals surface area contributed by atoms with Gasteiger partial charge in [0.25, 0.3) is 0 Å². The van der Waals surface area contributed by atoms with Crippen molar-refractivity contribution in [3.05, 3.63) is 34.9 Å². The topological polar surface area (TPSA) is 55.9 Å². The first kappa shape index (κ1) is 13.8. The lowest BCUT2D eigenvalue weighted by molar-refractivity contribution is 0.197. The minimum Gasteiger partial charge on any atom is -0.389 e. The predicted octanol–water partition coefficient (Wildman–Crippen LogP) is 2.38. The second-order valence-electron chi connectivity index (χ2n) is 5.30. The van der Waals surface area contributed by atoms with E-state index in [1.807, 2.05) is 35.5 Å². The van der Waals surface area contributed by atoms with Crippen LogP contribution in [-0.4, -0.2) is 24.7 Å². The molecular formula is C14H22N4O. The average Bonchev–Trinajstić information content (AvgIpc) is 2.85. The molecule has 0 fully saturated rings. The molecule has 104 valence electrons. The maximum absolute atomic E-state index is 9.77. The van der Waals surface area contributed by atoms with Crippen LogP contribution in [0.4, 0.5) is 0 Å². The summed E-state index contributed by atoms with van der Waals surface area (Å²) in [6.45, 7) is 10.5. The second-order valence-corrected chi connectivity index (χ2v) is 5.30. The van der Waals surface area contributed by atoms with E-state index in [0.29, 0.717) is 12.6 Å². The van der Waals surface area contributed by atoms with Crippen molar-refractivity contribution >= 4 is 0 Å². The fraction of sp³-hybridized carbons (Fsp3) is 0.571. The standard InChI is InChI=1S/C14H22N4O/c1-9(2)17-7-6-13(16-17)8-18-11(4)14(12(5)19)10(3)15-18/h6-7,9,12,19H,8H2,1-5H3. The predicted molar refractivity (Wildman–Crippen MR) is 74.0 cm³/mol. The maximum Gasteiger partial charge on any atom is 0.0853 e. The molecule has 0 aliphatic rings. The molecule has 0 bridgehead atoms. The molecule has 0 saturated heterocycles. The SMILES string of the molecule is Cc1nn(Cc2ccn(C(C)C)n2)c(C)c1C(C)O. The highest BCUT2D eigenvalue weighted by Gasteiger charge is 2.16. The lowest BCUT2D eigenvalue weighted by Crippen LogP contribution is -2.07. The van der Waals surface area contributed by atoms with Crippen LogP contribution in [0.1, 0.15) is 55.6 Å². The Labute approximate surface area is 113 Å². The van der Waals surface area contributed by atoms with Crippen LogP contribution in [0, 0.1) is 13.8 Å². The number of hydrogen-bond donors (Lipinski definition) is 1. The van der Waals surface area contributed by atoms with Gasteiger partial charge < -0.3 is 5.11 Å². The molecular weight excluding hydrogens is 240 g/mol. The van der Waals surface area contributed by atoms with E-state index in [-0.39, 0.29) is 0 Å². The van der Waals surface area contributed by atoms with Crippen LogP contribution in [0.25, 0.3) is 0 Å². The number of hydrogen-bond acceptors (Lipinski definition) is 3. The van der Waals surface area contributed by atoms with E-state index in [0.717, 1.165) is 22.6 Å². The lowest BCUT2D eigenvalue weighted by atomic mass is 10.1. The van der Waals surface area contributed by atoms with Crippen molar-refractivity contribution in [1.29, 1.82) is 0 Å². The first-order valence-electron chi connectivity index (χ1n) is 6.66. The molecule has 5 nitrogen and oxygen atoms in total.